The lowest BCUT2D eigenvalue weighted by Crippen LogP contribution is -1.86. The third-order valence-corrected chi connectivity index (χ3v) is 2.70. The summed E-state index contributed by atoms with van der Waals surface area (Å²) >= 11 is 0. The van der Waals surface area contributed by atoms with Crippen LogP contribution in [0.3, 0.4) is 0 Å². The number of aromatic nitrogens is 3. The highest BCUT2D eigenvalue weighted by Crippen LogP contribution is 2.23. The Morgan fingerprint density at radius 2 is 2.12 bits per heavy atom. The lowest BCUT2D eigenvalue weighted by molar-refractivity contribution is 0.415. The first-order chi connectivity index (χ1) is 8.36. The van der Waals surface area contributed by atoms with Gasteiger partial charge >= 0.3 is 0 Å². The molecular weight excluding hydrogens is 214 g/mol. The van der Waals surface area contributed by atoms with Gasteiger partial charge in [0.25, 0.3) is 0 Å². The quantitative estimate of drug-likeness (QED) is 0.729. The zero-order valence-electron chi connectivity index (χ0n) is 9.34. The topological polar surface area (TPSA) is 50.8 Å². The van der Waals surface area contributed by atoms with Crippen LogP contribution >= 0.6 is 0 Å². The number of H-pyrrole nitrogens is 1. The molecule has 0 saturated heterocycles. The molecule has 0 amide bonds. The van der Waals surface area contributed by atoms with Gasteiger partial charge < -0.3 is 4.74 Å². The number of methoxy groups -OCH3 is 1. The second-order valence-corrected chi connectivity index (χ2v) is 3.75. The fourth-order valence-electron chi connectivity index (χ4n) is 1.80. The molecule has 84 valence electrons. The Morgan fingerprint density at radius 3 is 2.88 bits per heavy atom. The Kier molecular flexibility index (Phi) is 2.26. The number of pyridine rings is 1. The molecule has 4 nitrogen and oxygen atoms in total. The van der Waals surface area contributed by atoms with E-state index >= 15 is 0 Å². The average molecular weight is 225 g/mol. The van der Waals surface area contributed by atoms with Crippen LogP contribution in [0.1, 0.15) is 0 Å². The first kappa shape index (κ1) is 9.84. The highest BCUT2D eigenvalue weighted by molar-refractivity contribution is 5.84. The van der Waals surface area contributed by atoms with Crippen molar-refractivity contribution in [1.29, 1.82) is 0 Å². The van der Waals surface area contributed by atoms with E-state index in [0.29, 0.717) is 0 Å². The molecular formula is C13H11N3O. The monoisotopic (exact) mass is 225 g/mol. The van der Waals surface area contributed by atoms with Crippen LogP contribution in [0.15, 0.2) is 42.7 Å². The predicted octanol–water partition coefficient (Wildman–Crippen LogP) is 2.63. The molecule has 3 rings (SSSR count). The van der Waals surface area contributed by atoms with E-state index in [9.17, 15) is 0 Å². The van der Waals surface area contributed by atoms with Crippen LogP contribution in [0, 0.1) is 0 Å². The van der Waals surface area contributed by atoms with E-state index in [1.807, 2.05) is 30.5 Å². The summed E-state index contributed by atoms with van der Waals surface area (Å²) in [7, 11) is 1.66. The molecule has 0 fully saturated rings. The Morgan fingerprint density at radius 1 is 1.18 bits per heavy atom. The third kappa shape index (κ3) is 1.73. The average Bonchev–Trinajstić information content (AvgIpc) is 2.91. The van der Waals surface area contributed by atoms with E-state index in [2.05, 4.69) is 21.2 Å². The van der Waals surface area contributed by atoms with E-state index in [-0.39, 0.29) is 0 Å². The summed E-state index contributed by atoms with van der Waals surface area (Å²) < 4.78 is 5.20. The first-order valence-corrected chi connectivity index (χ1v) is 5.30. The zero-order chi connectivity index (χ0) is 11.7. The van der Waals surface area contributed by atoms with Crippen LogP contribution in [0.2, 0.25) is 0 Å². The number of hydrogen-bond acceptors (Lipinski definition) is 3. The van der Waals surface area contributed by atoms with Crippen LogP contribution in [-0.4, -0.2) is 22.3 Å². The minimum absolute atomic E-state index is 0.834. The van der Waals surface area contributed by atoms with Crippen molar-refractivity contribution in [3.05, 3.63) is 42.7 Å². The van der Waals surface area contributed by atoms with E-state index in [4.69, 9.17) is 4.74 Å². The minimum Gasteiger partial charge on any atom is -0.497 e. The predicted molar refractivity (Wildman–Crippen MR) is 65.9 cm³/mol. The highest BCUT2D eigenvalue weighted by Gasteiger charge is 2.02. The van der Waals surface area contributed by atoms with Gasteiger partial charge in [0.1, 0.15) is 5.75 Å². The van der Waals surface area contributed by atoms with Gasteiger partial charge in [-0.15, -0.1) is 0 Å². The van der Waals surface area contributed by atoms with Crippen molar-refractivity contribution in [3.8, 4) is 17.0 Å². The van der Waals surface area contributed by atoms with Crippen molar-refractivity contribution < 1.29 is 4.74 Å². The zero-order valence-corrected chi connectivity index (χ0v) is 9.34. The van der Waals surface area contributed by atoms with Gasteiger partial charge in [-0.25, -0.2) is 0 Å². The molecule has 0 radical (unpaired) electrons. The van der Waals surface area contributed by atoms with Crippen LogP contribution < -0.4 is 4.74 Å². The van der Waals surface area contributed by atoms with Gasteiger partial charge in [0.05, 0.1) is 18.3 Å². The summed E-state index contributed by atoms with van der Waals surface area (Å²) in [6, 6.07) is 9.82. The molecule has 0 bridgehead atoms. The van der Waals surface area contributed by atoms with Crippen LogP contribution in [0.25, 0.3) is 22.2 Å². The van der Waals surface area contributed by atoms with Crippen LogP contribution in [-0.2, 0) is 0 Å². The molecule has 1 N–H and O–H groups in total. The lowest BCUT2D eigenvalue weighted by atomic mass is 10.1. The minimum atomic E-state index is 0.834. The fourth-order valence-corrected chi connectivity index (χ4v) is 1.80. The fraction of sp³-hybridized carbons (Fsp3) is 0.0769. The SMILES string of the molecule is COc1ccc2ncc(-c3ccn[nH]3)cc2c1. The lowest BCUT2D eigenvalue weighted by Gasteiger charge is -2.03. The molecule has 1 aromatic carbocycles. The van der Waals surface area contributed by atoms with Gasteiger partial charge in [-0.05, 0) is 30.3 Å². The van der Waals surface area contributed by atoms with Crippen molar-refractivity contribution in [2.75, 3.05) is 7.11 Å². The molecule has 2 heterocycles. The molecule has 4 heteroatoms. The number of ether oxygens (including phenoxy) is 1. The summed E-state index contributed by atoms with van der Waals surface area (Å²) in [4.78, 5) is 4.41. The number of nitrogens with zero attached hydrogens (tertiary/aromatic N) is 2. The Bertz CT molecular complexity index is 647. The van der Waals surface area contributed by atoms with Gasteiger partial charge in [-0.3, -0.25) is 10.1 Å². The molecule has 0 aliphatic heterocycles. The number of hydrogen-bond donors (Lipinski definition) is 1. The van der Waals surface area contributed by atoms with E-state index in [1.54, 1.807) is 13.3 Å². The Balaban J connectivity index is 2.17. The number of nitrogens with one attached hydrogen (secondary N) is 1. The maximum atomic E-state index is 5.20. The van der Waals surface area contributed by atoms with Gasteiger partial charge in [0.15, 0.2) is 0 Å². The maximum Gasteiger partial charge on any atom is 0.119 e. The second-order valence-electron chi connectivity index (χ2n) is 3.75. The smallest absolute Gasteiger partial charge is 0.119 e. The van der Waals surface area contributed by atoms with Crippen LogP contribution in [0.5, 0.6) is 5.75 Å². The molecule has 0 unspecified atom stereocenters. The van der Waals surface area contributed by atoms with Crippen molar-refractivity contribution in [1.82, 2.24) is 15.2 Å². The summed E-state index contributed by atoms with van der Waals surface area (Å²) in [6.45, 7) is 0. The molecule has 3 aromatic rings. The second kappa shape index (κ2) is 3.90. The van der Waals surface area contributed by atoms with Gasteiger partial charge in [-0.2, -0.15) is 5.10 Å². The normalized spacial score (nSPS) is 10.6. The summed E-state index contributed by atoms with van der Waals surface area (Å²) in [5.74, 6) is 0.834. The molecule has 17 heavy (non-hydrogen) atoms. The molecule has 0 saturated carbocycles. The van der Waals surface area contributed by atoms with Crippen molar-refractivity contribution in [3.63, 3.8) is 0 Å². The standard InChI is InChI=1S/C13H11N3O/c1-17-11-2-3-12-9(7-11)6-10(8-14-12)13-4-5-15-16-13/h2-8H,1H3,(H,15,16). The number of fused-ring (bicyclic) bond motifs is 1. The number of rotatable bonds is 2. The summed E-state index contributed by atoms with van der Waals surface area (Å²) in [6.07, 6.45) is 3.56. The molecule has 2 aromatic heterocycles. The highest BCUT2D eigenvalue weighted by atomic mass is 16.5. The van der Waals surface area contributed by atoms with Crippen molar-refractivity contribution in [2.24, 2.45) is 0 Å². The van der Waals surface area contributed by atoms with Gasteiger partial charge in [-0.1, -0.05) is 0 Å². The molecule has 0 spiro atoms. The van der Waals surface area contributed by atoms with E-state index < -0.39 is 0 Å². The summed E-state index contributed by atoms with van der Waals surface area (Å²) in [5, 5.41) is 7.91. The van der Waals surface area contributed by atoms with E-state index in [1.165, 1.54) is 0 Å². The number of benzene rings is 1. The molecule has 0 aliphatic rings. The Hall–Kier alpha value is -2.36. The van der Waals surface area contributed by atoms with Gasteiger partial charge in [0, 0.05) is 23.3 Å². The van der Waals surface area contributed by atoms with E-state index in [0.717, 1.165) is 27.9 Å². The summed E-state index contributed by atoms with van der Waals surface area (Å²) in [5.41, 5.74) is 2.93. The first-order valence-electron chi connectivity index (χ1n) is 5.30. The largest absolute Gasteiger partial charge is 0.497 e. The van der Waals surface area contributed by atoms with Gasteiger partial charge in [0.2, 0.25) is 0 Å². The number of aromatic amines is 1. The Labute approximate surface area is 98.3 Å². The molecule has 0 aliphatic carbocycles. The maximum absolute atomic E-state index is 5.20. The van der Waals surface area contributed by atoms with Crippen molar-refractivity contribution >= 4 is 10.9 Å². The van der Waals surface area contributed by atoms with Crippen LogP contribution in [0.4, 0.5) is 0 Å². The molecule has 0 atom stereocenters. The van der Waals surface area contributed by atoms with Crippen molar-refractivity contribution in [2.45, 2.75) is 0 Å². The third-order valence-electron chi connectivity index (χ3n) is 2.70.